The Bertz CT molecular complexity index is 471. The number of methoxy groups -OCH3 is 1. The van der Waals surface area contributed by atoms with E-state index in [9.17, 15) is 4.39 Å². The molecule has 2 rings (SSSR count). The van der Waals surface area contributed by atoms with Crippen LogP contribution in [0.15, 0.2) is 22.7 Å². The van der Waals surface area contributed by atoms with Crippen LogP contribution in [-0.4, -0.2) is 37.2 Å². The minimum absolute atomic E-state index is 0.0831. The highest BCUT2D eigenvalue weighted by atomic mass is 79.9. The lowest BCUT2D eigenvalue weighted by Gasteiger charge is -2.43. The van der Waals surface area contributed by atoms with Crippen LogP contribution < -0.4 is 5.73 Å². The van der Waals surface area contributed by atoms with E-state index < -0.39 is 0 Å². The number of nitrogens with zero attached hydrogens (tertiary/aromatic N) is 1. The van der Waals surface area contributed by atoms with Crippen molar-refractivity contribution in [2.75, 3.05) is 26.7 Å². The van der Waals surface area contributed by atoms with Gasteiger partial charge in [0, 0.05) is 30.7 Å². The molecule has 5 heteroatoms. The smallest absolute Gasteiger partial charge is 0.124 e. The zero-order chi connectivity index (χ0) is 14.8. The summed E-state index contributed by atoms with van der Waals surface area (Å²) in [5.41, 5.74) is 6.89. The third kappa shape index (κ3) is 3.39. The molecule has 1 aliphatic rings. The first-order chi connectivity index (χ1) is 9.49. The fourth-order valence-electron chi connectivity index (χ4n) is 2.92. The molecule has 0 amide bonds. The van der Waals surface area contributed by atoms with Crippen molar-refractivity contribution < 1.29 is 9.13 Å². The summed E-state index contributed by atoms with van der Waals surface area (Å²) < 4.78 is 19.7. The summed E-state index contributed by atoms with van der Waals surface area (Å²) in [5.74, 6) is -0.239. The number of nitrogens with two attached hydrogens (primary N) is 1. The summed E-state index contributed by atoms with van der Waals surface area (Å²) in [4.78, 5) is 2.34. The van der Waals surface area contributed by atoms with E-state index in [4.69, 9.17) is 10.5 Å². The van der Waals surface area contributed by atoms with Gasteiger partial charge in [-0.05, 0) is 44.0 Å². The fourth-order valence-corrected chi connectivity index (χ4v) is 3.54. The van der Waals surface area contributed by atoms with Gasteiger partial charge in [-0.3, -0.25) is 4.90 Å². The number of ether oxygens (including phenoxy) is 1. The average molecular weight is 345 g/mol. The number of piperidine rings is 1. The number of rotatable bonds is 4. The average Bonchev–Trinajstić information content (AvgIpc) is 2.42. The van der Waals surface area contributed by atoms with E-state index in [1.807, 2.05) is 6.07 Å². The molecule has 1 aromatic carbocycles. The molecule has 3 nitrogen and oxygen atoms in total. The van der Waals surface area contributed by atoms with Gasteiger partial charge in [0.2, 0.25) is 0 Å². The van der Waals surface area contributed by atoms with Crippen LogP contribution in [0.5, 0.6) is 0 Å². The summed E-state index contributed by atoms with van der Waals surface area (Å²) in [6.45, 7) is 4.47. The second kappa shape index (κ2) is 6.52. The zero-order valence-corrected chi connectivity index (χ0v) is 13.6. The van der Waals surface area contributed by atoms with Gasteiger partial charge in [-0.2, -0.15) is 0 Å². The van der Waals surface area contributed by atoms with Crippen molar-refractivity contribution in [3.63, 3.8) is 0 Å². The van der Waals surface area contributed by atoms with Crippen LogP contribution in [0, 0.1) is 5.82 Å². The van der Waals surface area contributed by atoms with Gasteiger partial charge in [-0.1, -0.05) is 22.0 Å². The summed E-state index contributed by atoms with van der Waals surface area (Å²) in [6, 6.07) is 4.88. The van der Waals surface area contributed by atoms with Crippen molar-refractivity contribution in [3.05, 3.63) is 34.1 Å². The van der Waals surface area contributed by atoms with Crippen molar-refractivity contribution in [2.24, 2.45) is 5.73 Å². The Balaban J connectivity index is 2.23. The monoisotopic (exact) mass is 344 g/mol. The van der Waals surface area contributed by atoms with Crippen molar-refractivity contribution in [3.8, 4) is 0 Å². The van der Waals surface area contributed by atoms with Crippen LogP contribution in [0.4, 0.5) is 4.39 Å². The van der Waals surface area contributed by atoms with Gasteiger partial charge in [0.15, 0.2) is 0 Å². The van der Waals surface area contributed by atoms with E-state index >= 15 is 0 Å². The van der Waals surface area contributed by atoms with E-state index in [2.05, 4.69) is 27.8 Å². The van der Waals surface area contributed by atoms with Gasteiger partial charge in [0.1, 0.15) is 5.82 Å². The Hall–Kier alpha value is -0.490. The maximum atomic E-state index is 13.2. The maximum absolute atomic E-state index is 13.2. The molecule has 1 heterocycles. The van der Waals surface area contributed by atoms with Crippen molar-refractivity contribution in [1.29, 1.82) is 0 Å². The molecule has 2 N–H and O–H groups in total. The Morgan fingerprint density at radius 2 is 2.30 bits per heavy atom. The van der Waals surface area contributed by atoms with Crippen molar-refractivity contribution in [1.82, 2.24) is 4.90 Å². The Morgan fingerprint density at radius 1 is 1.55 bits per heavy atom. The minimum Gasteiger partial charge on any atom is -0.377 e. The predicted molar refractivity (Wildman–Crippen MR) is 82.1 cm³/mol. The van der Waals surface area contributed by atoms with Crippen LogP contribution in [0.3, 0.4) is 0 Å². The molecule has 0 aliphatic carbocycles. The number of hydrogen-bond acceptors (Lipinski definition) is 3. The second-order valence-corrected chi connectivity index (χ2v) is 6.50. The standard InChI is InChI=1S/C15H22BrFN2O/c1-15(20-2)6-3-7-19(10-15)14(9-18)12-5-4-11(17)8-13(12)16/h4-5,8,14H,3,6-7,9-10,18H2,1-2H3. The Kier molecular flexibility index (Phi) is 5.18. The molecule has 1 saturated heterocycles. The lowest BCUT2D eigenvalue weighted by molar-refractivity contribution is -0.0609. The van der Waals surface area contributed by atoms with Crippen LogP contribution in [0.1, 0.15) is 31.4 Å². The molecule has 1 fully saturated rings. The quantitative estimate of drug-likeness (QED) is 0.911. The third-order valence-corrected chi connectivity index (χ3v) is 4.85. The predicted octanol–water partition coefficient (Wildman–Crippen LogP) is 3.09. The van der Waals surface area contributed by atoms with Gasteiger partial charge in [-0.25, -0.2) is 4.39 Å². The highest BCUT2D eigenvalue weighted by Gasteiger charge is 2.34. The van der Waals surface area contributed by atoms with Crippen LogP contribution in [0.2, 0.25) is 0 Å². The van der Waals surface area contributed by atoms with E-state index in [0.29, 0.717) is 6.54 Å². The lowest BCUT2D eigenvalue weighted by atomic mass is 9.92. The topological polar surface area (TPSA) is 38.5 Å². The molecule has 1 aromatic rings. The molecule has 2 atom stereocenters. The van der Waals surface area contributed by atoms with Gasteiger partial charge in [0.25, 0.3) is 0 Å². The maximum Gasteiger partial charge on any atom is 0.124 e. The van der Waals surface area contributed by atoms with E-state index in [1.54, 1.807) is 7.11 Å². The first-order valence-corrected chi connectivity index (χ1v) is 7.72. The third-order valence-electron chi connectivity index (χ3n) is 4.17. The first kappa shape index (κ1) is 15.9. The van der Waals surface area contributed by atoms with Gasteiger partial charge in [-0.15, -0.1) is 0 Å². The molecule has 0 bridgehead atoms. The lowest BCUT2D eigenvalue weighted by Crippen LogP contribution is -2.50. The second-order valence-electron chi connectivity index (χ2n) is 5.65. The molecule has 0 spiro atoms. The van der Waals surface area contributed by atoms with Crippen LogP contribution >= 0.6 is 15.9 Å². The Morgan fingerprint density at radius 3 is 2.90 bits per heavy atom. The largest absolute Gasteiger partial charge is 0.377 e. The molecule has 2 unspecified atom stereocenters. The van der Waals surface area contributed by atoms with Crippen molar-refractivity contribution >= 4 is 15.9 Å². The molecule has 0 aromatic heterocycles. The van der Waals surface area contributed by atoms with Gasteiger partial charge < -0.3 is 10.5 Å². The zero-order valence-electron chi connectivity index (χ0n) is 12.0. The molecule has 0 radical (unpaired) electrons. The van der Waals surface area contributed by atoms with Gasteiger partial charge in [0.05, 0.1) is 5.60 Å². The number of hydrogen-bond donors (Lipinski definition) is 1. The van der Waals surface area contributed by atoms with E-state index in [-0.39, 0.29) is 17.5 Å². The molecular formula is C15H22BrFN2O. The number of halogens is 2. The summed E-state index contributed by atoms with van der Waals surface area (Å²) in [7, 11) is 1.76. The molecule has 1 aliphatic heterocycles. The van der Waals surface area contributed by atoms with E-state index in [1.165, 1.54) is 12.1 Å². The molecule has 20 heavy (non-hydrogen) atoms. The van der Waals surface area contributed by atoms with Crippen molar-refractivity contribution in [2.45, 2.75) is 31.4 Å². The number of likely N-dealkylation sites (tertiary alicyclic amines) is 1. The van der Waals surface area contributed by atoms with Crippen LogP contribution in [-0.2, 0) is 4.74 Å². The summed E-state index contributed by atoms with van der Waals surface area (Å²) >= 11 is 3.45. The SMILES string of the molecule is COC1(C)CCCN(C(CN)c2ccc(F)cc2Br)C1. The highest BCUT2D eigenvalue weighted by Crippen LogP contribution is 2.33. The minimum atomic E-state index is -0.239. The summed E-state index contributed by atoms with van der Waals surface area (Å²) in [6.07, 6.45) is 2.14. The van der Waals surface area contributed by atoms with E-state index in [0.717, 1.165) is 36.0 Å². The molecule has 0 saturated carbocycles. The molecular weight excluding hydrogens is 323 g/mol. The number of benzene rings is 1. The highest BCUT2D eigenvalue weighted by molar-refractivity contribution is 9.10. The normalized spacial score (nSPS) is 25.6. The fraction of sp³-hybridized carbons (Fsp3) is 0.600. The van der Waals surface area contributed by atoms with Gasteiger partial charge >= 0.3 is 0 Å². The Labute approximate surface area is 128 Å². The van der Waals surface area contributed by atoms with Crippen LogP contribution in [0.25, 0.3) is 0 Å². The summed E-state index contributed by atoms with van der Waals surface area (Å²) in [5, 5.41) is 0. The first-order valence-electron chi connectivity index (χ1n) is 6.93. The molecule has 112 valence electrons.